The largest absolute Gasteiger partial charge is 0.334 e. The van der Waals surface area contributed by atoms with Gasteiger partial charge in [-0.25, -0.2) is 13.4 Å². The number of carbonyl (C=O) groups is 1. The highest BCUT2D eigenvalue weighted by atomic mass is 32.2. The van der Waals surface area contributed by atoms with Gasteiger partial charge >= 0.3 is 0 Å². The monoisotopic (exact) mass is 484 g/mol. The summed E-state index contributed by atoms with van der Waals surface area (Å²) >= 11 is 1.27. The summed E-state index contributed by atoms with van der Waals surface area (Å²) in [5.74, 6) is 0.604. The number of hydrogen-bond acceptors (Lipinski definition) is 5. The third-order valence-electron chi connectivity index (χ3n) is 6.40. The summed E-state index contributed by atoms with van der Waals surface area (Å²) in [6, 6.07) is 11.2. The van der Waals surface area contributed by atoms with Crippen molar-refractivity contribution in [2.75, 3.05) is 18.4 Å². The molecule has 9 heteroatoms. The molecule has 0 radical (unpaired) electrons. The number of aromatic nitrogens is 2. The molecule has 3 aromatic rings. The van der Waals surface area contributed by atoms with Crippen LogP contribution in [0.1, 0.15) is 36.4 Å². The topological polar surface area (TPSA) is 84.3 Å². The van der Waals surface area contributed by atoms with Gasteiger partial charge in [0.25, 0.3) is 10.0 Å². The molecule has 1 saturated heterocycles. The Labute approximate surface area is 198 Å². The SMILES string of the molecule is Cc1ccc(S(=O)(=O)N2CCCC(C(=O)Nc3cccc(-c4cn5c(n4)CCCC5)c3)C2)s1. The van der Waals surface area contributed by atoms with E-state index >= 15 is 0 Å². The summed E-state index contributed by atoms with van der Waals surface area (Å²) in [7, 11) is -3.56. The van der Waals surface area contributed by atoms with Gasteiger partial charge in [-0.3, -0.25) is 4.79 Å². The lowest BCUT2D eigenvalue weighted by molar-refractivity contribution is -0.120. The molecule has 1 amide bonds. The number of anilines is 1. The number of benzene rings is 1. The average Bonchev–Trinajstić information content (AvgIpc) is 3.46. The van der Waals surface area contributed by atoms with Gasteiger partial charge in [-0.2, -0.15) is 4.31 Å². The van der Waals surface area contributed by atoms with Crippen molar-refractivity contribution in [3.8, 4) is 11.3 Å². The van der Waals surface area contributed by atoms with Gasteiger partial charge in [0, 0.05) is 48.4 Å². The second kappa shape index (κ2) is 9.04. The number of nitrogens with zero attached hydrogens (tertiary/aromatic N) is 3. The minimum atomic E-state index is -3.56. The number of nitrogens with one attached hydrogen (secondary N) is 1. The molecule has 1 unspecified atom stereocenters. The number of rotatable bonds is 5. The molecule has 7 nitrogen and oxygen atoms in total. The number of piperidine rings is 1. The molecule has 0 spiro atoms. The van der Waals surface area contributed by atoms with E-state index in [-0.39, 0.29) is 18.4 Å². The lowest BCUT2D eigenvalue weighted by Crippen LogP contribution is -2.43. The van der Waals surface area contributed by atoms with Crippen LogP contribution in [0, 0.1) is 12.8 Å². The molecule has 33 heavy (non-hydrogen) atoms. The van der Waals surface area contributed by atoms with Crippen molar-refractivity contribution in [3.63, 3.8) is 0 Å². The maximum absolute atomic E-state index is 13.0. The molecule has 0 saturated carbocycles. The fourth-order valence-electron chi connectivity index (χ4n) is 4.61. The van der Waals surface area contributed by atoms with E-state index in [1.165, 1.54) is 28.5 Å². The van der Waals surface area contributed by atoms with Crippen LogP contribution < -0.4 is 5.32 Å². The number of thiophene rings is 1. The Hall–Kier alpha value is -2.49. The molecule has 2 aliphatic rings. The second-order valence-corrected chi connectivity index (χ2v) is 12.3. The van der Waals surface area contributed by atoms with Crippen molar-refractivity contribution in [1.82, 2.24) is 13.9 Å². The molecular formula is C24H28N4O3S2. The highest BCUT2D eigenvalue weighted by Gasteiger charge is 2.34. The van der Waals surface area contributed by atoms with Gasteiger partial charge in [-0.05, 0) is 56.9 Å². The van der Waals surface area contributed by atoms with E-state index in [0.29, 0.717) is 29.3 Å². The smallest absolute Gasteiger partial charge is 0.252 e. The van der Waals surface area contributed by atoms with Gasteiger partial charge in [0.2, 0.25) is 5.91 Å². The summed E-state index contributed by atoms with van der Waals surface area (Å²) in [6.45, 7) is 3.55. The van der Waals surface area contributed by atoms with Gasteiger partial charge in [0.05, 0.1) is 11.6 Å². The van der Waals surface area contributed by atoms with Crippen LogP contribution >= 0.6 is 11.3 Å². The molecule has 0 aliphatic carbocycles. The summed E-state index contributed by atoms with van der Waals surface area (Å²) < 4.78 is 30.0. The van der Waals surface area contributed by atoms with Crippen LogP contribution in [-0.2, 0) is 27.8 Å². The average molecular weight is 485 g/mol. The van der Waals surface area contributed by atoms with Crippen LogP contribution in [0.4, 0.5) is 5.69 Å². The van der Waals surface area contributed by atoms with Crippen LogP contribution in [0.5, 0.6) is 0 Å². The second-order valence-electron chi connectivity index (χ2n) is 8.83. The molecule has 2 aromatic heterocycles. The molecule has 4 heterocycles. The summed E-state index contributed by atoms with van der Waals surface area (Å²) in [4.78, 5) is 18.8. The number of hydrogen-bond donors (Lipinski definition) is 1. The van der Waals surface area contributed by atoms with Gasteiger partial charge < -0.3 is 9.88 Å². The van der Waals surface area contributed by atoms with Crippen molar-refractivity contribution in [2.24, 2.45) is 5.92 Å². The van der Waals surface area contributed by atoms with Crippen LogP contribution in [0.15, 0.2) is 46.8 Å². The van der Waals surface area contributed by atoms with Crippen LogP contribution in [0.25, 0.3) is 11.3 Å². The normalized spacial score (nSPS) is 19.2. The number of amides is 1. The van der Waals surface area contributed by atoms with E-state index in [0.717, 1.165) is 34.9 Å². The first-order chi connectivity index (χ1) is 15.9. The zero-order chi connectivity index (χ0) is 23.0. The predicted molar refractivity (Wildman–Crippen MR) is 130 cm³/mol. The van der Waals surface area contributed by atoms with Crippen molar-refractivity contribution >= 4 is 33.0 Å². The van der Waals surface area contributed by atoms with Crippen molar-refractivity contribution in [3.05, 3.63) is 53.3 Å². The first-order valence-corrected chi connectivity index (χ1v) is 13.7. The minimum Gasteiger partial charge on any atom is -0.334 e. The Bertz CT molecular complexity index is 1250. The van der Waals surface area contributed by atoms with Crippen LogP contribution in [0.3, 0.4) is 0 Å². The highest BCUT2D eigenvalue weighted by Crippen LogP contribution is 2.29. The Morgan fingerprint density at radius 1 is 1.15 bits per heavy atom. The van der Waals surface area contributed by atoms with E-state index in [4.69, 9.17) is 4.98 Å². The molecule has 174 valence electrons. The fraction of sp³-hybridized carbons (Fsp3) is 0.417. The van der Waals surface area contributed by atoms with Gasteiger partial charge in [-0.1, -0.05) is 12.1 Å². The van der Waals surface area contributed by atoms with E-state index in [2.05, 4.69) is 16.1 Å². The Morgan fingerprint density at radius 2 is 2.03 bits per heavy atom. The summed E-state index contributed by atoms with van der Waals surface area (Å²) in [5, 5.41) is 3.01. The molecule has 1 N–H and O–H groups in total. The molecule has 1 fully saturated rings. The van der Waals surface area contributed by atoms with E-state index in [9.17, 15) is 13.2 Å². The van der Waals surface area contributed by atoms with Crippen molar-refractivity contribution < 1.29 is 13.2 Å². The molecule has 2 aliphatic heterocycles. The lowest BCUT2D eigenvalue weighted by atomic mass is 9.98. The van der Waals surface area contributed by atoms with Gasteiger partial charge in [0.1, 0.15) is 10.0 Å². The zero-order valence-electron chi connectivity index (χ0n) is 18.7. The van der Waals surface area contributed by atoms with Crippen molar-refractivity contribution in [2.45, 2.75) is 49.8 Å². The fourth-order valence-corrected chi connectivity index (χ4v) is 7.57. The van der Waals surface area contributed by atoms with Crippen LogP contribution in [0.2, 0.25) is 0 Å². The first kappa shape index (κ1) is 22.3. The third-order valence-corrected chi connectivity index (χ3v) is 9.73. The number of sulfonamides is 1. The number of fused-ring (bicyclic) bond motifs is 1. The van der Waals surface area contributed by atoms with E-state index in [1.54, 1.807) is 6.07 Å². The van der Waals surface area contributed by atoms with Crippen molar-refractivity contribution in [1.29, 1.82) is 0 Å². The molecule has 1 atom stereocenters. The standard InChI is InChI=1S/C24H28N4O3S2/c1-17-10-11-23(32-17)33(30,31)28-13-5-7-19(15-28)24(29)25-20-8-4-6-18(14-20)21-16-27-12-3-2-9-22(27)26-21/h4,6,8,10-11,14,16,19H,2-3,5,7,9,12-13,15H2,1H3,(H,25,29). The quantitative estimate of drug-likeness (QED) is 0.585. The number of imidazole rings is 1. The molecule has 1 aromatic carbocycles. The maximum atomic E-state index is 13.0. The molecular weight excluding hydrogens is 456 g/mol. The summed E-state index contributed by atoms with van der Waals surface area (Å²) in [5.41, 5.74) is 2.59. The Balaban J connectivity index is 1.28. The van der Waals surface area contributed by atoms with E-state index in [1.807, 2.05) is 37.3 Å². The molecule has 0 bridgehead atoms. The summed E-state index contributed by atoms with van der Waals surface area (Å²) in [6.07, 6.45) is 6.79. The Kier molecular flexibility index (Phi) is 6.11. The zero-order valence-corrected chi connectivity index (χ0v) is 20.3. The number of carbonyl (C=O) groups excluding carboxylic acids is 1. The third kappa shape index (κ3) is 4.62. The van der Waals surface area contributed by atoms with E-state index < -0.39 is 10.0 Å². The maximum Gasteiger partial charge on any atom is 0.252 e. The molecule has 5 rings (SSSR count). The predicted octanol–water partition coefficient (Wildman–Crippen LogP) is 4.30. The van der Waals surface area contributed by atoms with Gasteiger partial charge in [0.15, 0.2) is 0 Å². The number of aryl methyl sites for hydroxylation is 3. The van der Waals surface area contributed by atoms with Gasteiger partial charge in [-0.15, -0.1) is 11.3 Å². The Morgan fingerprint density at radius 3 is 2.82 bits per heavy atom. The minimum absolute atomic E-state index is 0.140. The lowest BCUT2D eigenvalue weighted by Gasteiger charge is -2.30. The highest BCUT2D eigenvalue weighted by molar-refractivity contribution is 7.91. The van der Waals surface area contributed by atoms with Crippen LogP contribution in [-0.4, -0.2) is 41.3 Å². The first-order valence-electron chi connectivity index (χ1n) is 11.4.